The van der Waals surface area contributed by atoms with Gasteiger partial charge in [0.05, 0.1) is 16.4 Å². The fourth-order valence-electron chi connectivity index (χ4n) is 6.71. The first-order chi connectivity index (χ1) is 22.6. The maximum absolute atomic E-state index is 12.5. The van der Waals surface area contributed by atoms with Crippen molar-refractivity contribution in [2.45, 2.75) is 51.4 Å². The molecule has 47 heavy (non-hydrogen) atoms. The number of carbonyl (C=O) groups excluding carboxylic acids is 1. The molecule has 1 aliphatic carbocycles. The molecule has 5 aromatic rings. The molecule has 10 heteroatoms. The second-order valence-electron chi connectivity index (χ2n) is 12.4. The van der Waals surface area contributed by atoms with Gasteiger partial charge in [0.2, 0.25) is 0 Å². The Hall–Kier alpha value is -4.11. The Bertz CT molecular complexity index is 2070. The molecule has 0 bridgehead atoms. The van der Waals surface area contributed by atoms with E-state index in [1.807, 2.05) is 40.6 Å². The van der Waals surface area contributed by atoms with Gasteiger partial charge < -0.3 is 4.57 Å². The van der Waals surface area contributed by atoms with Gasteiger partial charge in [0.1, 0.15) is 12.4 Å². The molecule has 4 aromatic carbocycles. The lowest BCUT2D eigenvalue weighted by atomic mass is 9.83. The normalized spacial score (nSPS) is 16.4. The summed E-state index contributed by atoms with van der Waals surface area (Å²) < 4.78 is 30.1. The molecule has 0 spiro atoms. The number of imidazole rings is 1. The number of amides is 1. The predicted octanol–water partition coefficient (Wildman–Crippen LogP) is 8.64. The number of halogens is 2. The summed E-state index contributed by atoms with van der Waals surface area (Å²) in [5, 5.41) is 1.04. The van der Waals surface area contributed by atoms with Crippen LogP contribution in [-0.4, -0.2) is 30.4 Å². The first-order valence-electron chi connectivity index (χ1n) is 15.8. The van der Waals surface area contributed by atoms with E-state index in [9.17, 15) is 13.2 Å². The minimum Gasteiger partial charge on any atom is -0.303 e. The zero-order valence-corrected chi connectivity index (χ0v) is 28.2. The summed E-state index contributed by atoms with van der Waals surface area (Å²) in [4.78, 5) is 16.9. The van der Waals surface area contributed by atoms with E-state index < -0.39 is 16.1 Å². The van der Waals surface area contributed by atoms with Crippen LogP contribution >= 0.6 is 23.2 Å². The average molecular weight is 686 g/mol. The van der Waals surface area contributed by atoms with Crippen molar-refractivity contribution in [3.8, 4) is 28.1 Å². The number of hydrogen-bond acceptors (Lipinski definition) is 4. The van der Waals surface area contributed by atoms with Gasteiger partial charge in [0.25, 0.3) is 5.91 Å². The van der Waals surface area contributed by atoms with Crippen molar-refractivity contribution in [2.24, 2.45) is 0 Å². The van der Waals surface area contributed by atoms with Gasteiger partial charge in [-0.1, -0.05) is 91.0 Å². The molecule has 2 heterocycles. The first kappa shape index (κ1) is 31.5. The van der Waals surface area contributed by atoms with E-state index in [1.165, 1.54) is 43.2 Å². The minimum atomic E-state index is -3.92. The molecule has 1 aliphatic heterocycles. The molecular weight excluding hydrogens is 651 g/mol. The zero-order chi connectivity index (χ0) is 32.7. The third-order valence-corrected chi connectivity index (χ3v) is 11.1. The largest absolute Gasteiger partial charge is 0.326 e. The van der Waals surface area contributed by atoms with Crippen LogP contribution in [0, 0.1) is 6.92 Å². The summed E-state index contributed by atoms with van der Waals surface area (Å²) in [5.41, 5.74) is 8.29. The Balaban J connectivity index is 1.19. The predicted molar refractivity (Wildman–Crippen MR) is 189 cm³/mol. The number of nitrogens with one attached hydrogen (secondary N) is 1. The molecule has 240 valence electrons. The SMILES string of the molecule is Cc1cc(-n2cc(-c3ccc(Cl)cc3Cl)nc2Cc2ccc(-c3ccc(C4CCCCC4)cc3)cc2)ccc1N1CC(=O)NS1(=O)=O. The van der Waals surface area contributed by atoms with Crippen molar-refractivity contribution < 1.29 is 13.2 Å². The van der Waals surface area contributed by atoms with Gasteiger partial charge in [-0.05, 0) is 89.9 Å². The van der Waals surface area contributed by atoms with E-state index in [1.54, 1.807) is 18.2 Å². The summed E-state index contributed by atoms with van der Waals surface area (Å²) >= 11 is 12.8. The molecule has 1 N–H and O–H groups in total. The minimum absolute atomic E-state index is 0.251. The maximum atomic E-state index is 12.5. The lowest BCUT2D eigenvalue weighted by molar-refractivity contribution is -0.117. The van der Waals surface area contributed by atoms with Crippen LogP contribution in [0.3, 0.4) is 0 Å². The standard InChI is InChI=1S/C37H34Cl2N4O3S/c1-24-19-31(16-18-35(24)43-23-37(44)41-47(43,45)46)42-22-34(32-17-15-30(38)21-33(32)39)40-36(42)20-25-7-9-27(10-8-25)29-13-11-28(12-14-29)26-5-3-2-4-6-26/h7-19,21-22,26H,2-6,20,23H2,1H3,(H,41,44). The first-order valence-corrected chi connectivity index (χ1v) is 18.0. The van der Waals surface area contributed by atoms with Crippen molar-refractivity contribution >= 4 is 45.0 Å². The zero-order valence-electron chi connectivity index (χ0n) is 25.9. The van der Waals surface area contributed by atoms with Crippen LogP contribution in [0.2, 0.25) is 10.0 Å². The van der Waals surface area contributed by atoms with Gasteiger partial charge in [0.15, 0.2) is 0 Å². The highest BCUT2D eigenvalue weighted by Gasteiger charge is 2.34. The van der Waals surface area contributed by atoms with Crippen LogP contribution in [0.25, 0.3) is 28.1 Å². The summed E-state index contributed by atoms with van der Waals surface area (Å²) in [6.07, 6.45) is 9.07. The Labute approximate surface area is 285 Å². The molecule has 1 aromatic heterocycles. The fraction of sp³-hybridized carbons (Fsp3) is 0.243. The van der Waals surface area contributed by atoms with Crippen molar-refractivity contribution in [1.29, 1.82) is 0 Å². The monoisotopic (exact) mass is 684 g/mol. The van der Waals surface area contributed by atoms with Gasteiger partial charge in [-0.2, -0.15) is 8.42 Å². The molecule has 2 aliphatic rings. The van der Waals surface area contributed by atoms with Gasteiger partial charge in [-0.3, -0.25) is 4.79 Å². The highest BCUT2D eigenvalue weighted by Crippen LogP contribution is 2.35. The Kier molecular flexibility index (Phi) is 8.59. The van der Waals surface area contributed by atoms with Crippen molar-refractivity contribution in [3.05, 3.63) is 124 Å². The highest BCUT2D eigenvalue weighted by atomic mass is 35.5. The number of benzene rings is 4. The topological polar surface area (TPSA) is 84.3 Å². The summed E-state index contributed by atoms with van der Waals surface area (Å²) in [6, 6.07) is 28.4. The van der Waals surface area contributed by atoms with Crippen LogP contribution in [0.5, 0.6) is 0 Å². The van der Waals surface area contributed by atoms with E-state index in [4.69, 9.17) is 28.2 Å². The Morgan fingerprint density at radius 2 is 1.57 bits per heavy atom. The number of rotatable bonds is 7. The highest BCUT2D eigenvalue weighted by molar-refractivity contribution is 7.92. The van der Waals surface area contributed by atoms with E-state index in [0.29, 0.717) is 39.3 Å². The molecule has 2 fully saturated rings. The Morgan fingerprint density at radius 1 is 0.872 bits per heavy atom. The van der Waals surface area contributed by atoms with Crippen LogP contribution in [-0.2, 0) is 21.4 Å². The number of carbonyl (C=O) groups is 1. The third kappa shape index (κ3) is 6.55. The molecule has 7 nitrogen and oxygen atoms in total. The molecule has 0 radical (unpaired) electrons. The molecule has 1 amide bonds. The van der Waals surface area contributed by atoms with Gasteiger partial charge in [-0.25, -0.2) is 14.0 Å². The number of hydrogen-bond donors (Lipinski definition) is 1. The van der Waals surface area contributed by atoms with E-state index in [2.05, 4.69) is 48.5 Å². The van der Waals surface area contributed by atoms with Crippen LogP contribution in [0.4, 0.5) is 5.69 Å². The van der Waals surface area contributed by atoms with Crippen LogP contribution < -0.4 is 9.03 Å². The lowest BCUT2D eigenvalue weighted by Gasteiger charge is -2.22. The number of aryl methyl sites for hydroxylation is 1. The molecule has 1 saturated heterocycles. The van der Waals surface area contributed by atoms with Gasteiger partial charge >= 0.3 is 10.2 Å². The maximum Gasteiger partial charge on any atom is 0.326 e. The number of anilines is 1. The summed E-state index contributed by atoms with van der Waals surface area (Å²) in [6.45, 7) is 1.57. The Morgan fingerprint density at radius 3 is 2.21 bits per heavy atom. The van der Waals surface area contributed by atoms with Crippen LogP contribution in [0.15, 0.2) is 91.1 Å². The molecule has 7 rings (SSSR count). The second kappa shape index (κ2) is 12.8. The van der Waals surface area contributed by atoms with E-state index >= 15 is 0 Å². The number of aromatic nitrogens is 2. The second-order valence-corrected chi connectivity index (χ2v) is 14.8. The smallest absolute Gasteiger partial charge is 0.303 e. The molecular formula is C37H34Cl2N4O3S. The summed E-state index contributed by atoms with van der Waals surface area (Å²) in [5.74, 6) is 0.914. The van der Waals surface area contributed by atoms with Crippen molar-refractivity contribution in [3.63, 3.8) is 0 Å². The average Bonchev–Trinajstić information content (AvgIpc) is 3.60. The van der Waals surface area contributed by atoms with Crippen molar-refractivity contribution in [1.82, 2.24) is 14.3 Å². The van der Waals surface area contributed by atoms with E-state index in [0.717, 1.165) is 32.5 Å². The quantitative estimate of drug-likeness (QED) is 0.186. The summed E-state index contributed by atoms with van der Waals surface area (Å²) in [7, 11) is -3.92. The van der Waals surface area contributed by atoms with Gasteiger partial charge in [-0.15, -0.1) is 0 Å². The fourth-order valence-corrected chi connectivity index (χ4v) is 8.42. The molecule has 0 unspecified atom stereocenters. The lowest BCUT2D eigenvalue weighted by Crippen LogP contribution is -2.30. The molecule has 1 saturated carbocycles. The number of nitrogens with zero attached hydrogens (tertiary/aromatic N) is 3. The molecule has 0 atom stereocenters. The van der Waals surface area contributed by atoms with E-state index in [-0.39, 0.29) is 6.54 Å². The van der Waals surface area contributed by atoms with Crippen molar-refractivity contribution in [2.75, 3.05) is 10.8 Å². The van der Waals surface area contributed by atoms with Crippen LogP contribution in [0.1, 0.15) is 60.5 Å². The van der Waals surface area contributed by atoms with Gasteiger partial charge in [0, 0.05) is 28.9 Å². The third-order valence-electron chi connectivity index (χ3n) is 9.17.